The van der Waals surface area contributed by atoms with Crippen LogP contribution in [0, 0.1) is 0 Å². The van der Waals surface area contributed by atoms with Gasteiger partial charge >= 0.3 is 0 Å². The van der Waals surface area contributed by atoms with E-state index in [1.807, 2.05) is 19.9 Å². The highest BCUT2D eigenvalue weighted by Gasteiger charge is 2.18. The zero-order valence-corrected chi connectivity index (χ0v) is 17.1. The summed E-state index contributed by atoms with van der Waals surface area (Å²) >= 11 is 0. The van der Waals surface area contributed by atoms with Gasteiger partial charge in [0, 0.05) is 35.5 Å². The smallest absolute Gasteiger partial charge is 0.256 e. The van der Waals surface area contributed by atoms with Crippen LogP contribution < -0.4 is 5.32 Å². The van der Waals surface area contributed by atoms with Crippen LogP contribution in [0.3, 0.4) is 0 Å². The molecule has 152 valence electrons. The van der Waals surface area contributed by atoms with Crippen LogP contribution in [-0.2, 0) is 0 Å². The third kappa shape index (κ3) is 4.63. The maximum atomic E-state index is 12.9. The van der Waals surface area contributed by atoms with Gasteiger partial charge in [-0.25, -0.2) is 0 Å². The van der Waals surface area contributed by atoms with Crippen LogP contribution in [-0.4, -0.2) is 35.6 Å². The van der Waals surface area contributed by atoms with Gasteiger partial charge in [-0.3, -0.25) is 14.4 Å². The van der Waals surface area contributed by atoms with Crippen molar-refractivity contribution >= 4 is 23.3 Å². The first-order valence-corrected chi connectivity index (χ1v) is 9.94. The van der Waals surface area contributed by atoms with Gasteiger partial charge in [0.1, 0.15) is 0 Å². The second kappa shape index (κ2) is 9.65. The standard InChI is InChI=1S/C25H24N2O3/c1-3-27(4-2)25(30)19-14-16-20(17-15-19)26-24(29)22-13-9-8-12-21(22)23(28)18-10-6-5-7-11-18/h5-17H,3-4H2,1-2H3,(H,26,29). The van der Waals surface area contributed by atoms with Gasteiger partial charge in [0.2, 0.25) is 0 Å². The van der Waals surface area contributed by atoms with E-state index in [4.69, 9.17) is 0 Å². The lowest BCUT2D eigenvalue weighted by molar-refractivity contribution is 0.0772. The van der Waals surface area contributed by atoms with Crippen molar-refractivity contribution in [2.75, 3.05) is 18.4 Å². The Bertz CT molecular complexity index is 1040. The molecule has 3 rings (SSSR count). The summed E-state index contributed by atoms with van der Waals surface area (Å²) < 4.78 is 0. The van der Waals surface area contributed by atoms with E-state index in [0.717, 1.165) is 0 Å². The molecule has 2 amide bonds. The van der Waals surface area contributed by atoms with Crippen molar-refractivity contribution in [3.05, 3.63) is 101 Å². The maximum absolute atomic E-state index is 12.9. The summed E-state index contributed by atoms with van der Waals surface area (Å²) in [5.41, 5.74) is 2.29. The average molecular weight is 400 g/mol. The molecular formula is C25H24N2O3. The first-order chi connectivity index (χ1) is 14.5. The number of rotatable bonds is 7. The Morgan fingerprint density at radius 1 is 0.700 bits per heavy atom. The molecule has 5 nitrogen and oxygen atoms in total. The molecule has 0 fully saturated rings. The number of amides is 2. The minimum atomic E-state index is -0.377. The molecular weight excluding hydrogens is 376 g/mol. The molecule has 30 heavy (non-hydrogen) atoms. The molecule has 0 bridgehead atoms. The van der Waals surface area contributed by atoms with Crippen LogP contribution in [0.15, 0.2) is 78.9 Å². The Labute approximate surface area is 176 Å². The van der Waals surface area contributed by atoms with E-state index in [1.54, 1.807) is 77.7 Å². The summed E-state index contributed by atoms with van der Waals surface area (Å²) in [6.07, 6.45) is 0. The van der Waals surface area contributed by atoms with Crippen molar-refractivity contribution in [2.24, 2.45) is 0 Å². The minimum absolute atomic E-state index is 0.0447. The highest BCUT2D eigenvalue weighted by atomic mass is 16.2. The van der Waals surface area contributed by atoms with Crippen LogP contribution in [0.4, 0.5) is 5.69 Å². The highest BCUT2D eigenvalue weighted by molar-refractivity contribution is 6.17. The molecule has 3 aromatic carbocycles. The molecule has 0 aliphatic rings. The fourth-order valence-electron chi connectivity index (χ4n) is 3.21. The SMILES string of the molecule is CCN(CC)C(=O)c1ccc(NC(=O)c2ccccc2C(=O)c2ccccc2)cc1. The first-order valence-electron chi connectivity index (χ1n) is 9.94. The van der Waals surface area contributed by atoms with Crippen LogP contribution in [0.2, 0.25) is 0 Å². The van der Waals surface area contributed by atoms with Crippen molar-refractivity contribution in [3.8, 4) is 0 Å². The number of benzene rings is 3. The van der Waals surface area contributed by atoms with E-state index >= 15 is 0 Å². The Kier molecular flexibility index (Phi) is 6.75. The van der Waals surface area contributed by atoms with Crippen LogP contribution in [0.25, 0.3) is 0 Å². The lowest BCUT2D eigenvalue weighted by atomic mass is 9.98. The summed E-state index contributed by atoms with van der Waals surface area (Å²) in [5, 5.41) is 2.81. The molecule has 1 N–H and O–H groups in total. The predicted octanol–water partition coefficient (Wildman–Crippen LogP) is 4.65. The van der Waals surface area contributed by atoms with Crippen LogP contribution in [0.5, 0.6) is 0 Å². The van der Waals surface area contributed by atoms with Gasteiger partial charge in [0.05, 0.1) is 5.56 Å². The maximum Gasteiger partial charge on any atom is 0.256 e. The normalized spacial score (nSPS) is 10.3. The Balaban J connectivity index is 1.79. The zero-order valence-electron chi connectivity index (χ0n) is 17.1. The number of nitrogens with one attached hydrogen (secondary N) is 1. The van der Waals surface area contributed by atoms with Gasteiger partial charge in [0.15, 0.2) is 5.78 Å². The highest BCUT2D eigenvalue weighted by Crippen LogP contribution is 2.18. The van der Waals surface area contributed by atoms with E-state index in [-0.39, 0.29) is 17.6 Å². The molecule has 0 radical (unpaired) electrons. The van der Waals surface area contributed by atoms with Crippen molar-refractivity contribution in [1.82, 2.24) is 4.90 Å². The molecule has 0 saturated carbocycles. The van der Waals surface area contributed by atoms with Crippen molar-refractivity contribution in [3.63, 3.8) is 0 Å². The second-order valence-electron chi connectivity index (χ2n) is 6.75. The Morgan fingerprint density at radius 3 is 1.87 bits per heavy atom. The fourth-order valence-corrected chi connectivity index (χ4v) is 3.21. The van der Waals surface area contributed by atoms with E-state index in [2.05, 4.69) is 5.32 Å². The van der Waals surface area contributed by atoms with Gasteiger partial charge in [-0.05, 0) is 44.2 Å². The number of ketones is 1. The zero-order chi connectivity index (χ0) is 21.5. The summed E-state index contributed by atoms with van der Waals surface area (Å²) in [4.78, 5) is 39.8. The molecule has 0 saturated heterocycles. The van der Waals surface area contributed by atoms with Gasteiger partial charge in [-0.15, -0.1) is 0 Å². The van der Waals surface area contributed by atoms with Crippen molar-refractivity contribution < 1.29 is 14.4 Å². The molecule has 5 heteroatoms. The number of carbonyl (C=O) groups is 3. The van der Waals surface area contributed by atoms with Crippen molar-refractivity contribution in [1.29, 1.82) is 0 Å². The number of carbonyl (C=O) groups excluding carboxylic acids is 3. The molecule has 0 atom stereocenters. The quantitative estimate of drug-likeness (QED) is 0.587. The third-order valence-corrected chi connectivity index (χ3v) is 4.89. The summed E-state index contributed by atoms with van der Waals surface area (Å²) in [6.45, 7) is 5.15. The summed E-state index contributed by atoms with van der Waals surface area (Å²) in [7, 11) is 0. The Hall–Kier alpha value is -3.73. The molecule has 0 spiro atoms. The molecule has 3 aromatic rings. The van der Waals surface area contributed by atoms with E-state index in [9.17, 15) is 14.4 Å². The number of hydrogen-bond acceptors (Lipinski definition) is 3. The first kappa shape index (κ1) is 21.0. The number of hydrogen-bond donors (Lipinski definition) is 1. The monoisotopic (exact) mass is 400 g/mol. The van der Waals surface area contributed by atoms with Crippen LogP contribution in [0.1, 0.15) is 50.5 Å². The lowest BCUT2D eigenvalue weighted by Gasteiger charge is -2.18. The number of anilines is 1. The van der Waals surface area contributed by atoms with Crippen LogP contribution >= 0.6 is 0 Å². The summed E-state index contributed by atoms with van der Waals surface area (Å²) in [5.74, 6) is -0.629. The second-order valence-corrected chi connectivity index (χ2v) is 6.75. The van der Waals surface area contributed by atoms with Crippen molar-refractivity contribution in [2.45, 2.75) is 13.8 Å². The van der Waals surface area contributed by atoms with E-state index < -0.39 is 0 Å². The minimum Gasteiger partial charge on any atom is -0.339 e. The van der Waals surface area contributed by atoms with Gasteiger partial charge in [-0.2, -0.15) is 0 Å². The third-order valence-electron chi connectivity index (χ3n) is 4.89. The molecule has 0 aliphatic carbocycles. The van der Waals surface area contributed by atoms with Gasteiger partial charge in [-0.1, -0.05) is 48.5 Å². The molecule has 0 aromatic heterocycles. The van der Waals surface area contributed by atoms with E-state index in [1.165, 1.54) is 0 Å². The molecule has 0 unspecified atom stereocenters. The molecule has 0 aliphatic heterocycles. The fraction of sp³-hybridized carbons (Fsp3) is 0.160. The van der Waals surface area contributed by atoms with E-state index in [0.29, 0.717) is 41.0 Å². The topological polar surface area (TPSA) is 66.5 Å². The summed E-state index contributed by atoms with van der Waals surface area (Å²) in [6, 6.07) is 22.4. The van der Waals surface area contributed by atoms with Gasteiger partial charge < -0.3 is 10.2 Å². The largest absolute Gasteiger partial charge is 0.339 e. The molecule has 0 heterocycles. The lowest BCUT2D eigenvalue weighted by Crippen LogP contribution is -2.30. The Morgan fingerprint density at radius 2 is 1.27 bits per heavy atom. The number of nitrogens with zero attached hydrogens (tertiary/aromatic N) is 1. The van der Waals surface area contributed by atoms with Gasteiger partial charge in [0.25, 0.3) is 11.8 Å². The average Bonchev–Trinajstić information content (AvgIpc) is 2.80. The predicted molar refractivity (Wildman–Crippen MR) is 118 cm³/mol.